The van der Waals surface area contributed by atoms with Crippen LogP contribution in [-0.2, 0) is 6.42 Å². The van der Waals surface area contributed by atoms with Crippen molar-refractivity contribution in [2.75, 3.05) is 5.75 Å². The molecular formula is C20H30N2S. The van der Waals surface area contributed by atoms with Crippen molar-refractivity contribution >= 4 is 22.8 Å². The number of aromatic nitrogens is 2. The maximum Gasteiger partial charge on any atom is 0.110 e. The van der Waals surface area contributed by atoms with Crippen LogP contribution in [0.2, 0.25) is 0 Å². The minimum atomic E-state index is 0.655. The molecule has 0 amide bonds. The molecule has 0 bridgehead atoms. The summed E-state index contributed by atoms with van der Waals surface area (Å²) in [5, 5.41) is 0. The van der Waals surface area contributed by atoms with E-state index in [4.69, 9.17) is 4.98 Å². The second kappa shape index (κ2) is 8.23. The molecule has 1 heterocycles. The van der Waals surface area contributed by atoms with Gasteiger partial charge in [0.1, 0.15) is 5.82 Å². The zero-order chi connectivity index (χ0) is 16.1. The molecule has 1 N–H and O–H groups in total. The fourth-order valence-electron chi connectivity index (χ4n) is 3.60. The highest BCUT2D eigenvalue weighted by atomic mass is 32.2. The molecule has 0 spiro atoms. The van der Waals surface area contributed by atoms with Gasteiger partial charge in [0.25, 0.3) is 0 Å². The predicted molar refractivity (Wildman–Crippen MR) is 102 cm³/mol. The Morgan fingerprint density at radius 2 is 1.96 bits per heavy atom. The van der Waals surface area contributed by atoms with E-state index in [1.165, 1.54) is 90.9 Å². The lowest BCUT2D eigenvalue weighted by Gasteiger charge is -2.18. The quantitative estimate of drug-likeness (QED) is 0.466. The summed E-state index contributed by atoms with van der Waals surface area (Å²) in [5.74, 6) is 3.11. The number of nitrogens with zero attached hydrogens (tertiary/aromatic N) is 1. The zero-order valence-electron chi connectivity index (χ0n) is 14.7. The van der Waals surface area contributed by atoms with E-state index in [0.29, 0.717) is 5.92 Å². The van der Waals surface area contributed by atoms with Gasteiger partial charge >= 0.3 is 0 Å². The summed E-state index contributed by atoms with van der Waals surface area (Å²) in [6.07, 6.45) is 11.7. The van der Waals surface area contributed by atoms with E-state index in [1.807, 2.05) is 11.8 Å². The molecule has 3 heteroatoms. The fourth-order valence-corrected chi connectivity index (χ4v) is 4.79. The van der Waals surface area contributed by atoms with Gasteiger partial charge in [0, 0.05) is 10.8 Å². The van der Waals surface area contributed by atoms with Crippen LogP contribution in [0.5, 0.6) is 0 Å². The van der Waals surface area contributed by atoms with Gasteiger partial charge in [0.15, 0.2) is 0 Å². The van der Waals surface area contributed by atoms with Crippen LogP contribution in [0, 0.1) is 0 Å². The first-order valence-electron chi connectivity index (χ1n) is 9.47. The van der Waals surface area contributed by atoms with E-state index in [0.717, 1.165) is 0 Å². The molecule has 2 nitrogen and oxygen atoms in total. The highest BCUT2D eigenvalue weighted by Crippen LogP contribution is 2.34. The first kappa shape index (κ1) is 16.9. The van der Waals surface area contributed by atoms with Crippen molar-refractivity contribution < 1.29 is 0 Å². The highest BCUT2D eigenvalue weighted by Gasteiger charge is 2.19. The van der Waals surface area contributed by atoms with Gasteiger partial charge in [-0.05, 0) is 49.1 Å². The Morgan fingerprint density at radius 3 is 2.70 bits per heavy atom. The van der Waals surface area contributed by atoms with Gasteiger partial charge in [-0.2, -0.15) is 0 Å². The molecule has 2 aromatic rings. The lowest BCUT2D eigenvalue weighted by molar-refractivity contribution is 0.431. The van der Waals surface area contributed by atoms with Gasteiger partial charge < -0.3 is 4.98 Å². The molecule has 1 aromatic carbocycles. The average molecular weight is 331 g/mol. The van der Waals surface area contributed by atoms with E-state index in [1.54, 1.807) is 0 Å². The number of aromatic amines is 1. The fraction of sp³-hybridized carbons (Fsp3) is 0.650. The van der Waals surface area contributed by atoms with E-state index >= 15 is 0 Å². The Hall–Kier alpha value is -0.960. The normalized spacial score (nSPS) is 16.3. The Balaban J connectivity index is 1.87. The summed E-state index contributed by atoms with van der Waals surface area (Å²) in [4.78, 5) is 10.0. The van der Waals surface area contributed by atoms with Gasteiger partial charge in [0.2, 0.25) is 0 Å². The van der Waals surface area contributed by atoms with Crippen molar-refractivity contribution in [3.63, 3.8) is 0 Å². The van der Waals surface area contributed by atoms with E-state index in [2.05, 4.69) is 31.0 Å². The summed E-state index contributed by atoms with van der Waals surface area (Å²) < 4.78 is 0. The van der Waals surface area contributed by atoms with Crippen LogP contribution in [0.1, 0.15) is 82.5 Å². The molecule has 1 aromatic heterocycles. The average Bonchev–Trinajstić information content (AvgIpc) is 2.99. The lowest BCUT2D eigenvalue weighted by Crippen LogP contribution is -2.05. The zero-order valence-corrected chi connectivity index (χ0v) is 15.5. The number of rotatable bonds is 7. The number of nitrogens with one attached hydrogen (secondary N) is 1. The van der Waals surface area contributed by atoms with E-state index in [9.17, 15) is 0 Å². The summed E-state index contributed by atoms with van der Waals surface area (Å²) in [6, 6.07) is 4.70. The molecule has 1 aliphatic rings. The maximum atomic E-state index is 4.96. The van der Waals surface area contributed by atoms with Crippen LogP contribution in [0.3, 0.4) is 0 Å². The minimum absolute atomic E-state index is 0.655. The Morgan fingerprint density at radius 1 is 1.13 bits per heavy atom. The number of imidazole rings is 1. The highest BCUT2D eigenvalue weighted by molar-refractivity contribution is 7.99. The van der Waals surface area contributed by atoms with E-state index in [-0.39, 0.29) is 0 Å². The molecule has 0 radical (unpaired) electrons. The van der Waals surface area contributed by atoms with Crippen molar-refractivity contribution in [2.45, 2.75) is 82.4 Å². The summed E-state index contributed by atoms with van der Waals surface area (Å²) >= 11 is 2.02. The molecule has 0 aliphatic heterocycles. The van der Waals surface area contributed by atoms with Crippen molar-refractivity contribution in [3.8, 4) is 0 Å². The predicted octanol–water partition coefficient (Wildman–Crippen LogP) is 6.46. The van der Waals surface area contributed by atoms with Crippen LogP contribution < -0.4 is 0 Å². The number of fused-ring (bicyclic) bond motifs is 1. The van der Waals surface area contributed by atoms with Gasteiger partial charge in [-0.1, -0.05) is 46.0 Å². The van der Waals surface area contributed by atoms with Crippen LogP contribution in [-0.4, -0.2) is 15.7 Å². The second-order valence-electron chi connectivity index (χ2n) is 6.89. The van der Waals surface area contributed by atoms with Gasteiger partial charge in [0.05, 0.1) is 11.0 Å². The third-order valence-corrected chi connectivity index (χ3v) is 6.13. The lowest BCUT2D eigenvalue weighted by atomic mass is 9.89. The molecule has 1 aliphatic carbocycles. The van der Waals surface area contributed by atoms with E-state index < -0.39 is 0 Å². The third-order valence-electron chi connectivity index (χ3n) is 4.95. The van der Waals surface area contributed by atoms with Crippen LogP contribution in [0.25, 0.3) is 11.0 Å². The minimum Gasteiger partial charge on any atom is -0.342 e. The van der Waals surface area contributed by atoms with Crippen LogP contribution in [0.4, 0.5) is 0 Å². The first-order chi connectivity index (χ1) is 11.3. The summed E-state index contributed by atoms with van der Waals surface area (Å²) in [6.45, 7) is 4.53. The van der Waals surface area contributed by atoms with Crippen molar-refractivity contribution in [1.29, 1.82) is 0 Å². The van der Waals surface area contributed by atoms with Gasteiger partial charge in [-0.15, -0.1) is 11.8 Å². The molecular weight excluding hydrogens is 300 g/mol. The molecule has 0 unspecified atom stereocenters. The number of hydrogen-bond donors (Lipinski definition) is 1. The smallest absolute Gasteiger partial charge is 0.110 e. The molecule has 23 heavy (non-hydrogen) atoms. The van der Waals surface area contributed by atoms with Crippen molar-refractivity contribution in [1.82, 2.24) is 9.97 Å². The number of hydrogen-bond acceptors (Lipinski definition) is 2. The molecule has 1 fully saturated rings. The summed E-state index contributed by atoms with van der Waals surface area (Å²) in [5.41, 5.74) is 3.92. The van der Waals surface area contributed by atoms with Crippen molar-refractivity contribution in [2.24, 2.45) is 0 Å². The molecule has 0 saturated heterocycles. The largest absolute Gasteiger partial charge is 0.342 e. The monoisotopic (exact) mass is 330 g/mol. The van der Waals surface area contributed by atoms with Gasteiger partial charge in [-0.3, -0.25) is 0 Å². The second-order valence-corrected chi connectivity index (χ2v) is 8.02. The Bertz CT molecular complexity index is 626. The molecule has 126 valence electrons. The van der Waals surface area contributed by atoms with Crippen LogP contribution in [0.15, 0.2) is 17.0 Å². The Kier molecular flexibility index (Phi) is 6.04. The molecule has 0 atom stereocenters. The number of unbranched alkanes of at least 4 members (excludes halogenated alkanes) is 1. The third kappa shape index (κ3) is 4.12. The molecule has 3 rings (SSSR count). The number of benzene rings is 1. The first-order valence-corrected chi connectivity index (χ1v) is 10.5. The number of H-pyrrole nitrogens is 1. The summed E-state index contributed by atoms with van der Waals surface area (Å²) in [7, 11) is 0. The van der Waals surface area contributed by atoms with Crippen LogP contribution >= 0.6 is 11.8 Å². The molecule has 1 saturated carbocycles. The SMILES string of the molecule is CCCCSc1cc2nc(C3CCCCC3)[nH]c2cc1CCC. The number of aryl methyl sites for hydroxylation is 1. The Labute approximate surface area is 144 Å². The topological polar surface area (TPSA) is 28.7 Å². The maximum absolute atomic E-state index is 4.96. The number of thioether (sulfide) groups is 1. The van der Waals surface area contributed by atoms with Crippen molar-refractivity contribution in [3.05, 3.63) is 23.5 Å². The van der Waals surface area contributed by atoms with Gasteiger partial charge in [-0.25, -0.2) is 4.98 Å². The standard InChI is InChI=1S/C20H30N2S/c1-3-5-12-23-19-14-18-17(13-16(19)9-4-2)21-20(22-18)15-10-7-6-8-11-15/h13-15H,3-12H2,1-2H3,(H,21,22).